The molecule has 1 aromatic carbocycles. The molecule has 1 aliphatic rings. The third-order valence-corrected chi connectivity index (χ3v) is 3.55. The van der Waals surface area contributed by atoms with Gasteiger partial charge in [-0.05, 0) is 18.1 Å². The minimum absolute atomic E-state index is 0.158. The Morgan fingerprint density at radius 2 is 2.29 bits per heavy atom. The van der Waals surface area contributed by atoms with Crippen LogP contribution in [0.25, 0.3) is 0 Å². The van der Waals surface area contributed by atoms with Crippen molar-refractivity contribution < 1.29 is 9.47 Å². The molecule has 0 spiro atoms. The summed E-state index contributed by atoms with van der Waals surface area (Å²) >= 11 is 0. The molecule has 0 fully saturated rings. The van der Waals surface area contributed by atoms with Crippen molar-refractivity contribution in [2.24, 2.45) is 11.3 Å². The highest BCUT2D eigenvalue weighted by atomic mass is 16.5. The summed E-state index contributed by atoms with van der Waals surface area (Å²) in [5.41, 5.74) is 0.646. The van der Waals surface area contributed by atoms with Gasteiger partial charge in [0.15, 0.2) is 0 Å². The average molecular weight is 231 g/mol. The van der Waals surface area contributed by atoms with Crippen LogP contribution >= 0.6 is 0 Å². The predicted molar refractivity (Wildman–Crippen MR) is 64.7 cm³/mol. The number of fused-ring (bicyclic) bond motifs is 1. The Bertz CT molecular complexity index is 438. The van der Waals surface area contributed by atoms with Crippen LogP contribution in [-0.4, -0.2) is 20.3 Å². The predicted octanol–water partition coefficient (Wildman–Crippen LogP) is 2.41. The lowest BCUT2D eigenvalue weighted by atomic mass is 9.72. The standard InChI is InChI=1S/C14H17NO2/c1-11(8-16-2)14(9-15)7-12-5-3-4-6-13(12)17-10-14/h3-6,11H,7-8,10H2,1-2H3. The van der Waals surface area contributed by atoms with Crippen LogP contribution in [0.3, 0.4) is 0 Å². The summed E-state index contributed by atoms with van der Waals surface area (Å²) in [6.45, 7) is 3.08. The Balaban J connectivity index is 2.27. The van der Waals surface area contributed by atoms with Crippen molar-refractivity contribution in [2.75, 3.05) is 20.3 Å². The van der Waals surface area contributed by atoms with Crippen LogP contribution in [0.2, 0.25) is 0 Å². The van der Waals surface area contributed by atoms with Gasteiger partial charge in [-0.3, -0.25) is 0 Å². The summed E-state index contributed by atoms with van der Waals surface area (Å²) in [5, 5.41) is 9.48. The zero-order valence-electron chi connectivity index (χ0n) is 10.3. The van der Waals surface area contributed by atoms with Crippen LogP contribution in [0, 0.1) is 22.7 Å². The number of nitrogens with zero attached hydrogens (tertiary/aromatic N) is 1. The lowest BCUT2D eigenvalue weighted by Crippen LogP contribution is -2.40. The van der Waals surface area contributed by atoms with Gasteiger partial charge in [-0.25, -0.2) is 0 Å². The first-order chi connectivity index (χ1) is 8.22. The molecule has 0 radical (unpaired) electrons. The van der Waals surface area contributed by atoms with Gasteiger partial charge in [-0.1, -0.05) is 25.1 Å². The highest BCUT2D eigenvalue weighted by Crippen LogP contribution is 2.39. The number of nitriles is 1. The highest BCUT2D eigenvalue weighted by Gasteiger charge is 2.41. The third-order valence-electron chi connectivity index (χ3n) is 3.55. The fourth-order valence-electron chi connectivity index (χ4n) is 2.30. The SMILES string of the molecule is COCC(C)C1(C#N)COc2ccccc2C1. The molecule has 2 atom stereocenters. The Morgan fingerprint density at radius 3 is 3.00 bits per heavy atom. The molecule has 1 aromatic rings. The second kappa shape index (κ2) is 4.77. The first kappa shape index (κ1) is 11.9. The molecule has 0 aliphatic carbocycles. The van der Waals surface area contributed by atoms with Crippen molar-refractivity contribution in [3.05, 3.63) is 29.8 Å². The minimum atomic E-state index is -0.468. The van der Waals surface area contributed by atoms with Crippen LogP contribution in [-0.2, 0) is 11.2 Å². The van der Waals surface area contributed by atoms with Gasteiger partial charge in [-0.15, -0.1) is 0 Å². The minimum Gasteiger partial charge on any atom is -0.492 e. The van der Waals surface area contributed by atoms with E-state index in [1.807, 2.05) is 31.2 Å². The average Bonchev–Trinajstić information content (AvgIpc) is 2.38. The normalized spacial score (nSPS) is 24.3. The first-order valence-electron chi connectivity index (χ1n) is 5.83. The van der Waals surface area contributed by atoms with E-state index in [1.54, 1.807) is 7.11 Å². The fraction of sp³-hybridized carbons (Fsp3) is 0.500. The number of rotatable bonds is 3. The van der Waals surface area contributed by atoms with E-state index < -0.39 is 5.41 Å². The van der Waals surface area contributed by atoms with Crippen molar-refractivity contribution in [1.82, 2.24) is 0 Å². The van der Waals surface area contributed by atoms with Gasteiger partial charge in [0, 0.05) is 13.0 Å². The molecule has 0 aromatic heterocycles. The molecule has 0 bridgehead atoms. The number of methoxy groups -OCH3 is 1. The van der Waals surface area contributed by atoms with Crippen molar-refractivity contribution >= 4 is 0 Å². The zero-order chi connectivity index (χ0) is 12.3. The lowest BCUT2D eigenvalue weighted by Gasteiger charge is -2.36. The number of benzene rings is 1. The van der Waals surface area contributed by atoms with Gasteiger partial charge in [0.2, 0.25) is 0 Å². The quantitative estimate of drug-likeness (QED) is 0.802. The second-order valence-electron chi connectivity index (χ2n) is 4.70. The number of para-hydroxylation sites is 1. The molecular formula is C14H17NO2. The number of hydrogen-bond acceptors (Lipinski definition) is 3. The molecule has 2 unspecified atom stereocenters. The van der Waals surface area contributed by atoms with Gasteiger partial charge in [0.05, 0.1) is 12.7 Å². The largest absolute Gasteiger partial charge is 0.492 e. The first-order valence-corrected chi connectivity index (χ1v) is 5.83. The summed E-state index contributed by atoms with van der Waals surface area (Å²) < 4.78 is 10.9. The Kier molecular flexibility index (Phi) is 3.35. The van der Waals surface area contributed by atoms with Crippen LogP contribution in [0.15, 0.2) is 24.3 Å². The molecule has 0 saturated heterocycles. The molecule has 3 nitrogen and oxygen atoms in total. The van der Waals surface area contributed by atoms with Crippen LogP contribution in [0.4, 0.5) is 0 Å². The summed E-state index contributed by atoms with van der Waals surface area (Å²) in [4.78, 5) is 0. The monoisotopic (exact) mass is 231 g/mol. The van der Waals surface area contributed by atoms with E-state index in [0.29, 0.717) is 13.2 Å². The molecule has 1 aliphatic heterocycles. The summed E-state index contributed by atoms with van der Waals surface area (Å²) in [6.07, 6.45) is 0.740. The van der Waals surface area contributed by atoms with Crippen molar-refractivity contribution in [1.29, 1.82) is 5.26 Å². The molecule has 3 heteroatoms. The van der Waals surface area contributed by atoms with E-state index in [2.05, 4.69) is 6.07 Å². The van der Waals surface area contributed by atoms with E-state index in [-0.39, 0.29) is 5.92 Å². The smallest absolute Gasteiger partial charge is 0.122 e. The number of hydrogen-bond donors (Lipinski definition) is 0. The second-order valence-corrected chi connectivity index (χ2v) is 4.70. The van der Waals surface area contributed by atoms with Crippen molar-refractivity contribution in [2.45, 2.75) is 13.3 Å². The molecule has 2 rings (SSSR count). The maximum Gasteiger partial charge on any atom is 0.122 e. The molecule has 17 heavy (non-hydrogen) atoms. The van der Waals surface area contributed by atoms with E-state index in [0.717, 1.165) is 17.7 Å². The van der Waals surface area contributed by atoms with Crippen molar-refractivity contribution in [3.8, 4) is 11.8 Å². The molecule has 1 heterocycles. The van der Waals surface area contributed by atoms with E-state index >= 15 is 0 Å². The molecule has 0 amide bonds. The maximum atomic E-state index is 9.48. The summed E-state index contributed by atoms with van der Waals surface area (Å²) in [7, 11) is 1.67. The fourth-order valence-corrected chi connectivity index (χ4v) is 2.30. The lowest BCUT2D eigenvalue weighted by molar-refractivity contribution is 0.0570. The van der Waals surface area contributed by atoms with Crippen LogP contribution in [0.5, 0.6) is 5.75 Å². The summed E-state index contributed by atoms with van der Waals surface area (Å²) in [6, 6.07) is 10.4. The Hall–Kier alpha value is -1.53. The van der Waals surface area contributed by atoms with E-state index in [1.165, 1.54) is 0 Å². The van der Waals surface area contributed by atoms with Crippen LogP contribution in [0.1, 0.15) is 12.5 Å². The third kappa shape index (κ3) is 2.13. The van der Waals surface area contributed by atoms with Gasteiger partial charge >= 0.3 is 0 Å². The number of ether oxygens (including phenoxy) is 2. The van der Waals surface area contributed by atoms with E-state index in [4.69, 9.17) is 9.47 Å². The highest BCUT2D eigenvalue weighted by molar-refractivity contribution is 5.37. The molecular weight excluding hydrogens is 214 g/mol. The Labute approximate surface area is 102 Å². The van der Waals surface area contributed by atoms with Crippen molar-refractivity contribution in [3.63, 3.8) is 0 Å². The molecule has 90 valence electrons. The zero-order valence-corrected chi connectivity index (χ0v) is 10.3. The maximum absolute atomic E-state index is 9.48. The van der Waals surface area contributed by atoms with Gasteiger partial charge < -0.3 is 9.47 Å². The topological polar surface area (TPSA) is 42.2 Å². The van der Waals surface area contributed by atoms with E-state index in [9.17, 15) is 5.26 Å². The van der Waals surface area contributed by atoms with Gasteiger partial charge in [0.1, 0.15) is 17.8 Å². The van der Waals surface area contributed by atoms with Gasteiger partial charge in [0.25, 0.3) is 0 Å². The van der Waals surface area contributed by atoms with Gasteiger partial charge in [-0.2, -0.15) is 5.26 Å². The van der Waals surface area contributed by atoms with Crippen LogP contribution < -0.4 is 4.74 Å². The molecule has 0 N–H and O–H groups in total. The molecule has 0 saturated carbocycles. The summed E-state index contributed by atoms with van der Waals surface area (Å²) in [5.74, 6) is 1.06. The Morgan fingerprint density at radius 1 is 1.53 bits per heavy atom.